The number of carbonyl (C=O) groups excluding carboxylic acids is 5. The first-order valence-corrected chi connectivity index (χ1v) is 11.4. The van der Waals surface area contributed by atoms with Crippen LogP contribution in [-0.2, 0) is 24.0 Å². The zero-order chi connectivity index (χ0) is 26.6. The molecule has 12 heteroatoms. The number of carboxylic acid groups (broad SMARTS) is 1. The van der Waals surface area contributed by atoms with Gasteiger partial charge in [-0.2, -0.15) is 0 Å². The molecule has 1 aromatic heterocycles. The summed E-state index contributed by atoms with van der Waals surface area (Å²) in [6.07, 6.45) is 1.42. The molecule has 190 valence electrons. The molecular weight excluding hydrogens is 470 g/mol. The third kappa shape index (κ3) is 5.65. The molecule has 2 atom stereocenters. The van der Waals surface area contributed by atoms with Gasteiger partial charge in [-0.1, -0.05) is 24.3 Å². The number of ketones is 1. The number of nitrogens with zero attached hydrogens (tertiary/aromatic N) is 3. The van der Waals surface area contributed by atoms with Gasteiger partial charge in [-0.15, -0.1) is 0 Å². The van der Waals surface area contributed by atoms with Gasteiger partial charge in [0.1, 0.15) is 18.3 Å². The summed E-state index contributed by atoms with van der Waals surface area (Å²) in [5.41, 5.74) is 0.113. The van der Waals surface area contributed by atoms with Crippen LogP contribution in [0.15, 0.2) is 36.5 Å². The Morgan fingerprint density at radius 2 is 1.81 bits per heavy atom. The number of pyridine rings is 1. The zero-order valence-electron chi connectivity index (χ0n) is 20.1. The zero-order valence-corrected chi connectivity index (χ0v) is 20.1. The number of aliphatic carboxylic acids is 1. The Hall–Kier alpha value is -4.35. The number of aromatic nitrogens is 1. The second-order valence-corrected chi connectivity index (χ2v) is 8.63. The Bertz CT molecular complexity index is 1220. The van der Waals surface area contributed by atoms with E-state index in [9.17, 15) is 28.8 Å². The van der Waals surface area contributed by atoms with Crippen LogP contribution in [0.2, 0.25) is 0 Å². The van der Waals surface area contributed by atoms with Crippen molar-refractivity contribution in [1.82, 2.24) is 25.6 Å². The van der Waals surface area contributed by atoms with Gasteiger partial charge in [0.2, 0.25) is 11.8 Å². The van der Waals surface area contributed by atoms with Crippen molar-refractivity contribution in [2.75, 3.05) is 6.54 Å². The van der Waals surface area contributed by atoms with Crippen molar-refractivity contribution in [3.8, 4) is 0 Å². The van der Waals surface area contributed by atoms with Crippen LogP contribution in [-0.4, -0.2) is 80.2 Å². The normalized spacial score (nSPS) is 17.1. The molecule has 2 unspecified atom stereocenters. The number of carboxylic acids is 1. The standard InChI is InChI=1S/C24H27N5O7/c1-13(2)29-19(31)9-8-17(23(34)28(29)12-18(30)26-14(3)21(32)24(35)36)27-22(33)20-16-7-5-4-6-15(16)10-11-25-20/h4-7,10-11,13-14,17H,8-9,12H2,1-3H3,(H,26,30)(H,27,33)(H,35,36). The number of rotatable bonds is 8. The Morgan fingerprint density at radius 3 is 2.47 bits per heavy atom. The summed E-state index contributed by atoms with van der Waals surface area (Å²) in [6, 6.07) is 5.91. The fourth-order valence-electron chi connectivity index (χ4n) is 3.98. The molecule has 3 N–H and O–H groups in total. The van der Waals surface area contributed by atoms with E-state index in [4.69, 9.17) is 5.11 Å². The van der Waals surface area contributed by atoms with E-state index in [1.54, 1.807) is 32.0 Å². The largest absolute Gasteiger partial charge is 0.475 e. The van der Waals surface area contributed by atoms with Crippen molar-refractivity contribution in [2.45, 2.75) is 51.7 Å². The summed E-state index contributed by atoms with van der Waals surface area (Å²) < 4.78 is 0. The predicted molar refractivity (Wildman–Crippen MR) is 126 cm³/mol. The van der Waals surface area contributed by atoms with E-state index in [2.05, 4.69) is 15.6 Å². The topological polar surface area (TPSA) is 166 Å². The van der Waals surface area contributed by atoms with Crippen LogP contribution in [0.1, 0.15) is 44.1 Å². The minimum absolute atomic E-state index is 0.00339. The van der Waals surface area contributed by atoms with Gasteiger partial charge in [0.05, 0.1) is 6.04 Å². The minimum atomic E-state index is -1.71. The molecule has 0 saturated carbocycles. The SMILES string of the molecule is CC(NC(=O)CN1C(=O)C(NC(=O)c2nccc3ccccc23)CCC(=O)N1C(C)C)C(=O)C(=O)O. The Balaban J connectivity index is 1.84. The molecule has 1 aliphatic heterocycles. The third-order valence-electron chi connectivity index (χ3n) is 5.67. The summed E-state index contributed by atoms with van der Waals surface area (Å²) in [5.74, 6) is -5.52. The average Bonchev–Trinajstić information content (AvgIpc) is 2.94. The van der Waals surface area contributed by atoms with Gasteiger partial charge in [-0.05, 0) is 38.6 Å². The molecule has 12 nitrogen and oxygen atoms in total. The Morgan fingerprint density at radius 1 is 1.11 bits per heavy atom. The highest BCUT2D eigenvalue weighted by Gasteiger charge is 2.39. The number of hydrazine groups is 1. The molecule has 0 spiro atoms. The van der Waals surface area contributed by atoms with Crippen LogP contribution in [0.25, 0.3) is 10.8 Å². The van der Waals surface area contributed by atoms with Crippen molar-refractivity contribution >= 4 is 46.2 Å². The predicted octanol–water partition coefficient (Wildman–Crippen LogP) is 0.266. The van der Waals surface area contributed by atoms with Gasteiger partial charge in [-0.25, -0.2) is 14.8 Å². The molecule has 2 aromatic rings. The van der Waals surface area contributed by atoms with Crippen LogP contribution < -0.4 is 10.6 Å². The lowest BCUT2D eigenvalue weighted by molar-refractivity contribution is -0.168. The number of nitrogens with one attached hydrogen (secondary N) is 2. The number of benzene rings is 1. The van der Waals surface area contributed by atoms with Crippen LogP contribution in [0.5, 0.6) is 0 Å². The van der Waals surface area contributed by atoms with Crippen molar-refractivity contribution in [3.63, 3.8) is 0 Å². The maximum atomic E-state index is 13.5. The number of Topliss-reactive ketones (excluding diaryl/α,β-unsaturated/α-hetero) is 1. The van der Waals surface area contributed by atoms with Gasteiger partial charge in [0, 0.05) is 24.0 Å². The highest BCUT2D eigenvalue weighted by Crippen LogP contribution is 2.20. The molecule has 3 rings (SSSR count). The highest BCUT2D eigenvalue weighted by molar-refractivity contribution is 6.35. The van der Waals surface area contributed by atoms with Crippen molar-refractivity contribution < 1.29 is 33.9 Å². The summed E-state index contributed by atoms with van der Waals surface area (Å²) in [7, 11) is 0. The fourth-order valence-corrected chi connectivity index (χ4v) is 3.98. The molecule has 36 heavy (non-hydrogen) atoms. The van der Waals surface area contributed by atoms with Crippen molar-refractivity contribution in [3.05, 3.63) is 42.2 Å². The molecule has 1 aliphatic rings. The maximum Gasteiger partial charge on any atom is 0.374 e. The number of fused-ring (bicyclic) bond motifs is 1. The first-order chi connectivity index (χ1) is 17.0. The quantitative estimate of drug-likeness (QED) is 0.437. The van der Waals surface area contributed by atoms with Crippen molar-refractivity contribution in [2.24, 2.45) is 0 Å². The van der Waals surface area contributed by atoms with Gasteiger partial charge in [-0.3, -0.25) is 29.0 Å². The van der Waals surface area contributed by atoms with E-state index in [0.29, 0.717) is 5.39 Å². The first kappa shape index (κ1) is 26.3. The van der Waals surface area contributed by atoms with Gasteiger partial charge >= 0.3 is 5.97 Å². The van der Waals surface area contributed by atoms with Gasteiger partial charge in [0.15, 0.2) is 0 Å². The summed E-state index contributed by atoms with van der Waals surface area (Å²) in [4.78, 5) is 78.6. The minimum Gasteiger partial charge on any atom is -0.475 e. The van der Waals surface area contributed by atoms with Crippen LogP contribution in [0.4, 0.5) is 0 Å². The average molecular weight is 498 g/mol. The van der Waals surface area contributed by atoms with E-state index in [0.717, 1.165) is 15.4 Å². The Labute approximate surface area is 206 Å². The molecule has 0 radical (unpaired) electrons. The second-order valence-electron chi connectivity index (χ2n) is 8.63. The summed E-state index contributed by atoms with van der Waals surface area (Å²) in [5, 5.41) is 17.1. The fraction of sp³-hybridized carbons (Fsp3) is 0.375. The van der Waals surface area contributed by atoms with Gasteiger partial charge in [0.25, 0.3) is 17.6 Å². The van der Waals surface area contributed by atoms with E-state index in [1.807, 2.05) is 12.1 Å². The molecular formula is C24H27N5O7. The smallest absolute Gasteiger partial charge is 0.374 e. The van der Waals surface area contributed by atoms with Crippen LogP contribution >= 0.6 is 0 Å². The molecule has 0 aliphatic carbocycles. The summed E-state index contributed by atoms with van der Waals surface area (Å²) >= 11 is 0. The van der Waals surface area contributed by atoms with E-state index in [-0.39, 0.29) is 18.5 Å². The third-order valence-corrected chi connectivity index (χ3v) is 5.67. The number of hydrogen-bond acceptors (Lipinski definition) is 7. The summed E-state index contributed by atoms with van der Waals surface area (Å²) in [6.45, 7) is 3.86. The number of carbonyl (C=O) groups is 6. The van der Waals surface area contributed by atoms with E-state index in [1.165, 1.54) is 13.1 Å². The van der Waals surface area contributed by atoms with Crippen molar-refractivity contribution in [1.29, 1.82) is 0 Å². The molecule has 1 saturated heterocycles. The highest BCUT2D eigenvalue weighted by atomic mass is 16.4. The molecule has 4 amide bonds. The van der Waals surface area contributed by atoms with Crippen LogP contribution in [0, 0.1) is 0 Å². The molecule has 0 bridgehead atoms. The Kier molecular flexibility index (Phi) is 7.97. The van der Waals surface area contributed by atoms with E-state index < -0.39 is 60.1 Å². The number of hydrogen-bond donors (Lipinski definition) is 3. The van der Waals surface area contributed by atoms with Gasteiger partial charge < -0.3 is 15.7 Å². The molecule has 1 aromatic carbocycles. The lowest BCUT2D eigenvalue weighted by Crippen LogP contribution is -2.59. The van der Waals surface area contributed by atoms with E-state index >= 15 is 0 Å². The van der Waals surface area contributed by atoms with Crippen LogP contribution in [0.3, 0.4) is 0 Å². The monoisotopic (exact) mass is 497 g/mol. The maximum absolute atomic E-state index is 13.5. The first-order valence-electron chi connectivity index (χ1n) is 11.4. The molecule has 2 heterocycles. The number of amides is 4. The lowest BCUT2D eigenvalue weighted by Gasteiger charge is -2.36. The second kappa shape index (κ2) is 10.9. The molecule has 1 fully saturated rings. The lowest BCUT2D eigenvalue weighted by atomic mass is 10.1.